The number of carboxylic acids is 1. The number of benzene rings is 1. The summed E-state index contributed by atoms with van der Waals surface area (Å²) in [7, 11) is 2.13. The number of hydrogen-bond acceptors (Lipinski definition) is 7. The van der Waals surface area contributed by atoms with E-state index < -0.39 is 23.3 Å². The molecule has 5 rings (SSSR count). The van der Waals surface area contributed by atoms with E-state index >= 15 is 0 Å². The highest BCUT2D eigenvalue weighted by Gasteiger charge is 2.55. The first-order valence-electron chi connectivity index (χ1n) is 11.9. The monoisotopic (exact) mass is 571 g/mol. The minimum atomic E-state index is -1.37. The first-order chi connectivity index (χ1) is 17.1. The van der Waals surface area contributed by atoms with E-state index in [1.807, 2.05) is 0 Å². The average Bonchev–Trinajstić information content (AvgIpc) is 2.98. The van der Waals surface area contributed by atoms with Gasteiger partial charge in [-0.3, -0.25) is 14.5 Å². The molecule has 1 aromatic rings. The zero-order valence-corrected chi connectivity index (χ0v) is 22.8. The number of thioether (sulfide) groups is 2. The van der Waals surface area contributed by atoms with Crippen molar-refractivity contribution < 1.29 is 29.1 Å². The third-order valence-electron chi connectivity index (χ3n) is 7.93. The summed E-state index contributed by atoms with van der Waals surface area (Å²) in [5.41, 5.74) is 0.635. The molecule has 2 bridgehead atoms. The van der Waals surface area contributed by atoms with Crippen molar-refractivity contribution in [2.24, 2.45) is 0 Å². The summed E-state index contributed by atoms with van der Waals surface area (Å²) in [6.45, 7) is 0.517. The number of aliphatic carboxylic acids is 1. The summed E-state index contributed by atoms with van der Waals surface area (Å²) in [6.07, 6.45) is 3.15. The van der Waals surface area contributed by atoms with Crippen LogP contribution in [0.2, 0.25) is 10.0 Å². The Morgan fingerprint density at radius 2 is 1.97 bits per heavy atom. The SMILES string of the molecule is C[N+]1(CC2=C(C(=O)[O-])N3C(=O)[C@@H](NC(=O)CSc4cc(Cl)ccc4Cl)[C@H]3SC2)[C@@H]2CC[C@H]1CC(O)C2. The normalized spacial score (nSPS) is 33.3. The Kier molecular flexibility index (Phi) is 7.30. The van der Waals surface area contributed by atoms with E-state index in [4.69, 9.17) is 23.2 Å². The van der Waals surface area contributed by atoms with Crippen LogP contribution in [0.25, 0.3) is 0 Å². The molecular weight excluding hydrogens is 545 g/mol. The van der Waals surface area contributed by atoms with E-state index in [1.165, 1.54) is 28.4 Å². The topological polar surface area (TPSA) is 110 Å². The molecule has 2 N–H and O–H groups in total. The summed E-state index contributed by atoms with van der Waals surface area (Å²) < 4.78 is 0.694. The number of likely N-dealkylation sites (N-methyl/N-ethyl adjacent to an activating group) is 1. The van der Waals surface area contributed by atoms with Crippen molar-refractivity contribution in [1.29, 1.82) is 0 Å². The molecule has 0 radical (unpaired) electrons. The van der Waals surface area contributed by atoms with Gasteiger partial charge in [-0.1, -0.05) is 23.2 Å². The van der Waals surface area contributed by atoms with Gasteiger partial charge in [-0.05, 0) is 18.2 Å². The summed E-state index contributed by atoms with van der Waals surface area (Å²) >= 11 is 14.8. The number of nitrogens with zero attached hydrogens (tertiary/aromatic N) is 2. The van der Waals surface area contributed by atoms with Gasteiger partial charge in [0.2, 0.25) is 5.91 Å². The highest BCUT2D eigenvalue weighted by Crippen LogP contribution is 2.45. The standard InChI is InChI=1S/C24H27Cl2N3O5S2/c1-29(14-3-4-15(29)8-16(30)7-14)9-12-10-36-23-20(22(32)28(23)21(12)24(33)34)27-19(31)11-35-18-6-13(25)2-5-17(18)26/h2,5-6,14-16,20,23,30H,3-4,7-11H2,1H3,(H-,27,31,33,34)/t14-,15+,16?,20-,23-,29?/m1/s1. The van der Waals surface area contributed by atoms with Crippen LogP contribution in [0.5, 0.6) is 0 Å². The van der Waals surface area contributed by atoms with Crippen molar-refractivity contribution in [1.82, 2.24) is 10.2 Å². The molecule has 2 unspecified atom stereocenters. The van der Waals surface area contributed by atoms with Crippen LogP contribution in [0.15, 0.2) is 34.4 Å². The minimum absolute atomic E-state index is 0.0418. The third-order valence-corrected chi connectivity index (χ3v) is 11.0. The van der Waals surface area contributed by atoms with Crippen LogP contribution in [0.1, 0.15) is 25.7 Å². The lowest BCUT2D eigenvalue weighted by Crippen LogP contribution is -2.71. The molecule has 36 heavy (non-hydrogen) atoms. The zero-order valence-electron chi connectivity index (χ0n) is 19.6. The van der Waals surface area contributed by atoms with E-state index in [9.17, 15) is 24.6 Å². The Balaban J connectivity index is 1.26. The molecular formula is C24H27Cl2N3O5S2. The van der Waals surface area contributed by atoms with E-state index in [0.29, 0.717) is 50.1 Å². The van der Waals surface area contributed by atoms with Crippen molar-refractivity contribution in [3.05, 3.63) is 39.5 Å². The van der Waals surface area contributed by atoms with Gasteiger partial charge in [-0.15, -0.1) is 23.5 Å². The van der Waals surface area contributed by atoms with Gasteiger partial charge in [0, 0.05) is 46.9 Å². The molecule has 0 spiro atoms. The van der Waals surface area contributed by atoms with Crippen LogP contribution in [0.3, 0.4) is 0 Å². The van der Waals surface area contributed by atoms with Gasteiger partial charge < -0.3 is 24.8 Å². The molecule has 0 aromatic heterocycles. The van der Waals surface area contributed by atoms with E-state index in [2.05, 4.69) is 12.4 Å². The molecule has 2 amide bonds. The Morgan fingerprint density at radius 3 is 2.64 bits per heavy atom. The van der Waals surface area contributed by atoms with E-state index in [1.54, 1.807) is 18.2 Å². The van der Waals surface area contributed by atoms with Gasteiger partial charge in [-0.25, -0.2) is 0 Å². The first kappa shape index (κ1) is 26.2. The largest absolute Gasteiger partial charge is 0.543 e. The molecule has 3 fully saturated rings. The predicted octanol–water partition coefficient (Wildman–Crippen LogP) is 1.62. The number of hydrogen-bond donors (Lipinski definition) is 2. The highest BCUT2D eigenvalue weighted by atomic mass is 35.5. The average molecular weight is 573 g/mol. The lowest BCUT2D eigenvalue weighted by molar-refractivity contribution is -0.945. The second-order valence-electron chi connectivity index (χ2n) is 10.1. The molecule has 4 heterocycles. The second kappa shape index (κ2) is 10.0. The second-order valence-corrected chi connectivity index (χ2v) is 13.0. The Morgan fingerprint density at radius 1 is 1.28 bits per heavy atom. The zero-order chi connectivity index (χ0) is 25.8. The van der Waals surface area contributed by atoms with Crippen molar-refractivity contribution in [2.75, 3.05) is 25.1 Å². The molecule has 1 aromatic carbocycles. The van der Waals surface area contributed by atoms with Crippen molar-refractivity contribution in [3.63, 3.8) is 0 Å². The fourth-order valence-electron chi connectivity index (χ4n) is 6.12. The molecule has 4 aliphatic heterocycles. The fraction of sp³-hybridized carbons (Fsp3) is 0.542. The lowest BCUT2D eigenvalue weighted by Gasteiger charge is -2.52. The Labute approximate surface area is 227 Å². The van der Waals surface area contributed by atoms with E-state index in [0.717, 1.165) is 12.8 Å². The van der Waals surface area contributed by atoms with E-state index in [-0.39, 0.29) is 35.5 Å². The van der Waals surface area contributed by atoms with Gasteiger partial charge in [0.15, 0.2) is 0 Å². The van der Waals surface area contributed by atoms with Crippen LogP contribution in [-0.2, 0) is 14.4 Å². The summed E-state index contributed by atoms with van der Waals surface area (Å²) in [4.78, 5) is 39.7. The number of fused-ring (bicyclic) bond motifs is 3. The van der Waals surface area contributed by atoms with Crippen LogP contribution < -0.4 is 10.4 Å². The Bertz CT molecular complexity index is 1130. The number of amides is 2. The number of carbonyl (C=O) groups excluding carboxylic acids is 3. The number of β-lactam (4-membered cyclic amide) rings is 1. The summed E-state index contributed by atoms with van der Waals surface area (Å²) in [6, 6.07) is 4.75. The first-order valence-corrected chi connectivity index (χ1v) is 14.7. The number of piperidine rings is 1. The quantitative estimate of drug-likeness (QED) is 0.291. The highest BCUT2D eigenvalue weighted by molar-refractivity contribution is 8.00. The number of nitrogens with one attached hydrogen (secondary N) is 1. The number of aliphatic hydroxyl groups excluding tert-OH is 1. The molecule has 194 valence electrons. The third kappa shape index (κ3) is 4.65. The van der Waals surface area contributed by atoms with Crippen LogP contribution in [0.4, 0.5) is 0 Å². The minimum Gasteiger partial charge on any atom is -0.543 e. The lowest BCUT2D eigenvalue weighted by atomic mass is 9.95. The van der Waals surface area contributed by atoms with Crippen molar-refractivity contribution in [2.45, 2.75) is 60.2 Å². The fourth-order valence-corrected chi connectivity index (χ4v) is 8.76. The number of carboxylic acid groups (broad SMARTS) is 1. The van der Waals surface area contributed by atoms with Gasteiger partial charge in [0.25, 0.3) is 5.91 Å². The number of halogens is 2. The predicted molar refractivity (Wildman–Crippen MR) is 137 cm³/mol. The maximum atomic E-state index is 13.0. The summed E-state index contributed by atoms with van der Waals surface area (Å²) in [5, 5.41) is 25.6. The number of quaternary nitrogens is 1. The molecule has 8 nitrogen and oxygen atoms in total. The molecule has 0 aliphatic carbocycles. The Hall–Kier alpha value is -1.43. The molecule has 0 saturated carbocycles. The van der Waals surface area contributed by atoms with Gasteiger partial charge in [0.1, 0.15) is 18.0 Å². The number of carbonyl (C=O) groups is 3. The van der Waals surface area contributed by atoms with Crippen molar-refractivity contribution in [3.8, 4) is 0 Å². The molecule has 12 heteroatoms. The maximum Gasteiger partial charge on any atom is 0.253 e. The van der Waals surface area contributed by atoms with Crippen LogP contribution in [0, 0.1) is 0 Å². The number of rotatable bonds is 7. The van der Waals surface area contributed by atoms with Gasteiger partial charge in [-0.2, -0.15) is 0 Å². The smallest absolute Gasteiger partial charge is 0.253 e. The number of aliphatic hydroxyl groups is 1. The van der Waals surface area contributed by atoms with Crippen molar-refractivity contribution >= 4 is 64.5 Å². The van der Waals surface area contributed by atoms with Gasteiger partial charge in [0.05, 0.1) is 47.7 Å². The molecule has 6 atom stereocenters. The molecule has 4 aliphatic rings. The van der Waals surface area contributed by atoms with Gasteiger partial charge >= 0.3 is 0 Å². The molecule has 3 saturated heterocycles. The van der Waals surface area contributed by atoms with Crippen LogP contribution in [-0.4, -0.2) is 87.0 Å². The summed E-state index contributed by atoms with van der Waals surface area (Å²) in [5.74, 6) is -1.66. The maximum absolute atomic E-state index is 13.0. The van der Waals surface area contributed by atoms with Crippen LogP contribution >= 0.6 is 46.7 Å².